The van der Waals surface area contributed by atoms with Crippen molar-refractivity contribution >= 4 is 11.4 Å². The first-order valence-electron chi connectivity index (χ1n) is 8.88. The van der Waals surface area contributed by atoms with Gasteiger partial charge in [0.05, 0.1) is 25.5 Å². The Balaban J connectivity index is 1.79. The van der Waals surface area contributed by atoms with E-state index in [-0.39, 0.29) is 5.78 Å². The van der Waals surface area contributed by atoms with Gasteiger partial charge in [0.25, 0.3) is 0 Å². The van der Waals surface area contributed by atoms with Crippen LogP contribution in [0.1, 0.15) is 21.7 Å². The summed E-state index contributed by atoms with van der Waals surface area (Å²) in [5.41, 5.74) is 4.90. The van der Waals surface area contributed by atoms with Crippen LogP contribution in [-0.4, -0.2) is 58.1 Å². The van der Waals surface area contributed by atoms with Crippen molar-refractivity contribution in [2.45, 2.75) is 13.8 Å². The van der Waals surface area contributed by atoms with Crippen molar-refractivity contribution in [3.05, 3.63) is 53.3 Å². The molecule has 0 amide bonds. The predicted octanol–water partition coefficient (Wildman–Crippen LogP) is 2.53. The first-order chi connectivity index (χ1) is 12.6. The molecule has 6 nitrogen and oxygen atoms in total. The van der Waals surface area contributed by atoms with Gasteiger partial charge in [0, 0.05) is 18.7 Å². The number of imidazole rings is 1. The monoisotopic (exact) mass is 350 g/mol. The number of hydrogen-bond acceptors (Lipinski definition) is 5. The Hall–Kier alpha value is -2.57. The lowest BCUT2D eigenvalue weighted by atomic mass is 10.1. The van der Waals surface area contributed by atoms with Gasteiger partial charge in [0.1, 0.15) is 11.4 Å². The highest BCUT2D eigenvalue weighted by molar-refractivity contribution is 6.02. The smallest absolute Gasteiger partial charge is 0.197 e. The van der Waals surface area contributed by atoms with E-state index in [0.29, 0.717) is 36.8 Å². The molecule has 1 aromatic carbocycles. The molecule has 1 fully saturated rings. The Kier molecular flexibility index (Phi) is 4.53. The minimum atomic E-state index is 0.0353. The Morgan fingerprint density at radius 2 is 1.81 bits per heavy atom. The number of morpholine rings is 1. The number of hydrogen-bond donors (Lipinski definition) is 0. The maximum absolute atomic E-state index is 13.2. The first-order valence-corrected chi connectivity index (χ1v) is 8.88. The van der Waals surface area contributed by atoms with Gasteiger partial charge in [-0.1, -0.05) is 29.8 Å². The van der Waals surface area contributed by atoms with E-state index in [1.165, 1.54) is 5.56 Å². The number of carbonyl (C=O) groups is 1. The van der Waals surface area contributed by atoms with Gasteiger partial charge in [0.15, 0.2) is 11.4 Å². The zero-order chi connectivity index (χ0) is 18.1. The molecule has 2 aromatic heterocycles. The number of rotatable bonds is 4. The number of benzene rings is 1. The van der Waals surface area contributed by atoms with E-state index < -0.39 is 0 Å². The molecule has 6 heteroatoms. The minimum Gasteiger partial charge on any atom is -0.379 e. The third kappa shape index (κ3) is 3.25. The second-order valence-corrected chi connectivity index (χ2v) is 6.73. The van der Waals surface area contributed by atoms with Crippen LogP contribution >= 0.6 is 0 Å². The quantitative estimate of drug-likeness (QED) is 0.677. The fraction of sp³-hybridized carbons (Fsp3) is 0.350. The third-order valence-electron chi connectivity index (χ3n) is 4.67. The molecule has 1 saturated heterocycles. The van der Waals surface area contributed by atoms with Gasteiger partial charge in [-0.2, -0.15) is 5.10 Å². The Labute approximate surface area is 152 Å². The number of aryl methyl sites for hydroxylation is 2. The van der Waals surface area contributed by atoms with Gasteiger partial charge in [-0.15, -0.1) is 0 Å². The van der Waals surface area contributed by atoms with Crippen molar-refractivity contribution in [3.8, 4) is 11.3 Å². The normalized spacial score (nSPS) is 15.5. The molecular formula is C20H22N4O2. The molecule has 0 aliphatic carbocycles. The average Bonchev–Trinajstić information content (AvgIpc) is 3.01. The Morgan fingerprint density at radius 3 is 2.54 bits per heavy atom. The van der Waals surface area contributed by atoms with Gasteiger partial charge >= 0.3 is 0 Å². The van der Waals surface area contributed by atoms with E-state index in [1.807, 2.05) is 50.2 Å². The lowest BCUT2D eigenvalue weighted by molar-refractivity contribution is 0.0370. The average molecular weight is 350 g/mol. The summed E-state index contributed by atoms with van der Waals surface area (Å²) in [5, 5.41) is 4.54. The summed E-state index contributed by atoms with van der Waals surface area (Å²) in [6, 6.07) is 11.9. The Bertz CT molecular complexity index is 940. The minimum absolute atomic E-state index is 0.0353. The van der Waals surface area contributed by atoms with Gasteiger partial charge in [0.2, 0.25) is 0 Å². The van der Waals surface area contributed by atoms with Crippen LogP contribution in [0.4, 0.5) is 0 Å². The summed E-state index contributed by atoms with van der Waals surface area (Å²) in [7, 11) is 0. The van der Waals surface area contributed by atoms with Crippen LogP contribution in [-0.2, 0) is 4.74 Å². The fourth-order valence-electron chi connectivity index (χ4n) is 3.23. The summed E-state index contributed by atoms with van der Waals surface area (Å²) >= 11 is 0. The molecule has 1 aliphatic heterocycles. The van der Waals surface area contributed by atoms with Crippen LogP contribution in [0.5, 0.6) is 0 Å². The van der Waals surface area contributed by atoms with Crippen LogP contribution in [0.15, 0.2) is 36.4 Å². The molecule has 4 rings (SSSR count). The summed E-state index contributed by atoms with van der Waals surface area (Å²) < 4.78 is 7.07. The van der Waals surface area contributed by atoms with Gasteiger partial charge in [-0.05, 0) is 26.0 Å². The highest BCUT2D eigenvalue weighted by atomic mass is 16.5. The van der Waals surface area contributed by atoms with Gasteiger partial charge < -0.3 is 4.74 Å². The molecule has 3 heterocycles. The SMILES string of the molecule is Cc1ccc(-c2nc3ccc(C)nn3c2C(=O)CN2CCOCC2)cc1. The molecule has 26 heavy (non-hydrogen) atoms. The van der Waals surface area contributed by atoms with Crippen molar-refractivity contribution in [2.24, 2.45) is 0 Å². The van der Waals surface area contributed by atoms with Crippen molar-refractivity contribution in [2.75, 3.05) is 32.8 Å². The first kappa shape index (κ1) is 16.9. The van der Waals surface area contributed by atoms with Gasteiger partial charge in [-0.3, -0.25) is 9.69 Å². The van der Waals surface area contributed by atoms with Crippen LogP contribution in [0, 0.1) is 13.8 Å². The summed E-state index contributed by atoms with van der Waals surface area (Å²) in [4.78, 5) is 20.0. The highest BCUT2D eigenvalue weighted by Crippen LogP contribution is 2.25. The standard InChI is InChI=1S/C20H22N4O2/c1-14-3-6-16(7-4-14)19-20(17(25)13-23-9-11-26-12-10-23)24-18(21-19)8-5-15(2)22-24/h3-8H,9-13H2,1-2H3. The van der Waals surface area contributed by atoms with Crippen molar-refractivity contribution in [3.63, 3.8) is 0 Å². The van der Waals surface area contributed by atoms with Crippen LogP contribution in [0.2, 0.25) is 0 Å². The number of Topliss-reactive ketones (excluding diaryl/α,β-unsaturated/α-hetero) is 1. The molecule has 0 unspecified atom stereocenters. The predicted molar refractivity (Wildman–Crippen MR) is 99.5 cm³/mol. The number of carbonyl (C=O) groups excluding carboxylic acids is 1. The topological polar surface area (TPSA) is 59.7 Å². The molecule has 0 bridgehead atoms. The van der Waals surface area contributed by atoms with E-state index in [1.54, 1.807) is 4.52 Å². The third-order valence-corrected chi connectivity index (χ3v) is 4.67. The zero-order valence-corrected chi connectivity index (χ0v) is 15.1. The summed E-state index contributed by atoms with van der Waals surface area (Å²) in [6.07, 6.45) is 0. The maximum Gasteiger partial charge on any atom is 0.197 e. The zero-order valence-electron chi connectivity index (χ0n) is 15.1. The lowest BCUT2D eigenvalue weighted by Gasteiger charge is -2.25. The second kappa shape index (κ2) is 6.97. The second-order valence-electron chi connectivity index (χ2n) is 6.73. The van der Waals surface area contributed by atoms with E-state index in [0.717, 1.165) is 24.3 Å². The number of ketones is 1. The molecule has 0 saturated carbocycles. The fourth-order valence-corrected chi connectivity index (χ4v) is 3.23. The summed E-state index contributed by atoms with van der Waals surface area (Å²) in [5.74, 6) is 0.0353. The largest absolute Gasteiger partial charge is 0.379 e. The molecule has 1 aliphatic rings. The molecule has 134 valence electrons. The number of aromatic nitrogens is 3. The lowest BCUT2D eigenvalue weighted by Crippen LogP contribution is -2.39. The van der Waals surface area contributed by atoms with E-state index in [9.17, 15) is 4.79 Å². The number of ether oxygens (including phenoxy) is 1. The Morgan fingerprint density at radius 1 is 1.08 bits per heavy atom. The number of nitrogens with zero attached hydrogens (tertiary/aromatic N) is 4. The van der Waals surface area contributed by atoms with Crippen LogP contribution < -0.4 is 0 Å². The molecule has 0 atom stereocenters. The molecule has 3 aromatic rings. The van der Waals surface area contributed by atoms with Crippen LogP contribution in [0.3, 0.4) is 0 Å². The molecule has 0 N–H and O–H groups in total. The molecule has 0 radical (unpaired) electrons. The van der Waals surface area contributed by atoms with Crippen molar-refractivity contribution in [1.82, 2.24) is 19.5 Å². The maximum atomic E-state index is 13.2. The molecule has 0 spiro atoms. The van der Waals surface area contributed by atoms with Crippen molar-refractivity contribution in [1.29, 1.82) is 0 Å². The van der Waals surface area contributed by atoms with E-state index >= 15 is 0 Å². The molecular weight excluding hydrogens is 328 g/mol. The van der Waals surface area contributed by atoms with Crippen molar-refractivity contribution < 1.29 is 9.53 Å². The number of fused-ring (bicyclic) bond motifs is 1. The van der Waals surface area contributed by atoms with Gasteiger partial charge in [-0.25, -0.2) is 9.50 Å². The van der Waals surface area contributed by atoms with E-state index in [4.69, 9.17) is 9.72 Å². The summed E-state index contributed by atoms with van der Waals surface area (Å²) in [6.45, 7) is 7.20. The van der Waals surface area contributed by atoms with Crippen LogP contribution in [0.25, 0.3) is 16.9 Å². The highest BCUT2D eigenvalue weighted by Gasteiger charge is 2.24. The van der Waals surface area contributed by atoms with E-state index in [2.05, 4.69) is 10.00 Å².